The molecular weight excluding hydrogens is 234 g/mol. The molecule has 11 heteroatoms. The number of aliphatic carboxylic acids is 1. The molecule has 0 bridgehead atoms. The molecule has 4 N–H and O–H groups in total. The van der Waals surface area contributed by atoms with E-state index in [9.17, 15) is 0 Å². The van der Waals surface area contributed by atoms with Crippen molar-refractivity contribution in [1.29, 1.82) is 0 Å². The summed E-state index contributed by atoms with van der Waals surface area (Å²) in [4.78, 5) is 17.4. The summed E-state index contributed by atoms with van der Waals surface area (Å²) in [5.41, 5.74) is 0. The van der Waals surface area contributed by atoms with Gasteiger partial charge >= 0.3 is 29.5 Å². The van der Waals surface area contributed by atoms with Crippen LogP contribution in [-0.4, -0.2) is 29.7 Å². The van der Waals surface area contributed by atoms with Crippen molar-refractivity contribution in [3.8, 4) is 0 Å². The van der Waals surface area contributed by atoms with Crippen molar-refractivity contribution >= 4 is 5.97 Å². The molecule has 0 rings (SSSR count). The van der Waals surface area contributed by atoms with Crippen LogP contribution in [0, 0.1) is 10.1 Å². The molecule has 13 heavy (non-hydrogen) atoms. The van der Waals surface area contributed by atoms with Crippen molar-refractivity contribution in [2.45, 2.75) is 6.92 Å². The van der Waals surface area contributed by atoms with E-state index in [1.165, 1.54) is 0 Å². The SMILES string of the molecule is CC(=O)O.O=[N+]([O-])O.[O]=[Cr](=[O])([OH])[OH]. The van der Waals surface area contributed by atoms with Crippen LogP contribution in [0.4, 0.5) is 0 Å². The van der Waals surface area contributed by atoms with Gasteiger partial charge in [0.25, 0.3) is 11.1 Å². The molecule has 0 atom stereocenters. The molecule has 0 aromatic heterocycles. The molecule has 0 radical (unpaired) electrons. The van der Waals surface area contributed by atoms with E-state index in [0.29, 0.717) is 0 Å². The third kappa shape index (κ3) is 500. The molecule has 0 aromatic rings. The molecule has 0 aliphatic heterocycles. The number of hydrogen-bond acceptors (Lipinski definition) is 5. The zero-order chi connectivity index (χ0) is 11.7. The maximum absolute atomic E-state index is 9.00. The minimum absolute atomic E-state index is 0.833. The number of carboxylic acid groups (broad SMARTS) is 1. The molecular formula is C2H7CrNO9. The second-order valence-electron chi connectivity index (χ2n) is 1.20. The molecule has 0 amide bonds. The molecule has 0 heterocycles. The molecule has 0 aliphatic rings. The van der Waals surface area contributed by atoms with Gasteiger partial charge in [-0.05, 0) is 0 Å². The van der Waals surface area contributed by atoms with Gasteiger partial charge in [0.2, 0.25) is 0 Å². The number of nitrogens with zero attached hydrogens (tertiary/aromatic N) is 1. The summed E-state index contributed by atoms with van der Waals surface area (Å²) in [6.45, 7) is 1.08. The molecule has 0 spiro atoms. The first-order valence-electron chi connectivity index (χ1n) is 2.19. The van der Waals surface area contributed by atoms with E-state index in [-0.39, 0.29) is 0 Å². The van der Waals surface area contributed by atoms with Gasteiger partial charge in [0.05, 0.1) is 0 Å². The number of carboxylic acids is 1. The van der Waals surface area contributed by atoms with Gasteiger partial charge in [-0.15, -0.1) is 10.1 Å². The van der Waals surface area contributed by atoms with Crippen LogP contribution in [0.25, 0.3) is 0 Å². The quantitative estimate of drug-likeness (QED) is 0.287. The van der Waals surface area contributed by atoms with Crippen LogP contribution in [-0.2, 0) is 26.0 Å². The van der Waals surface area contributed by atoms with Crippen molar-refractivity contribution in [3.05, 3.63) is 10.1 Å². The number of rotatable bonds is 0. The van der Waals surface area contributed by atoms with Crippen LogP contribution in [0.5, 0.6) is 0 Å². The molecule has 0 saturated carbocycles. The fourth-order valence-corrected chi connectivity index (χ4v) is 0. The van der Waals surface area contributed by atoms with Crippen LogP contribution in [0.3, 0.4) is 0 Å². The number of hydrogen-bond donors (Lipinski definition) is 4. The normalized spacial score (nSPS) is 8.23. The Bertz CT molecular complexity index is 212. The first kappa shape index (κ1) is 17.7. The van der Waals surface area contributed by atoms with Gasteiger partial charge in [0.15, 0.2) is 0 Å². The van der Waals surface area contributed by atoms with E-state index in [4.69, 9.17) is 41.1 Å². The van der Waals surface area contributed by atoms with Crippen molar-refractivity contribution in [2.24, 2.45) is 0 Å². The van der Waals surface area contributed by atoms with Gasteiger partial charge < -0.3 is 10.3 Å². The summed E-state index contributed by atoms with van der Waals surface area (Å²) in [6.07, 6.45) is 0. The van der Waals surface area contributed by atoms with E-state index in [1.54, 1.807) is 0 Å². The average molecular weight is 241 g/mol. The fraction of sp³-hybridized carbons (Fsp3) is 0.500. The Hall–Kier alpha value is -1.28. The molecule has 0 saturated heterocycles. The summed E-state index contributed by atoms with van der Waals surface area (Å²) >= 11 is -5.25. The maximum atomic E-state index is 9.00. The van der Waals surface area contributed by atoms with Crippen LogP contribution in [0.15, 0.2) is 0 Å². The molecule has 0 fully saturated rings. The standard InChI is InChI=1S/C2H4O2.Cr.HNO3.2H2O.2O/c1-2(3)4;;2-1(3)4;;;;/h1H3,(H,3,4);;(H,2,3,4);2*1H2;;/q;+2;;;;;/p-2. The number of carbonyl (C=O) groups is 1. The summed E-state index contributed by atoms with van der Waals surface area (Å²) in [5.74, 6) is -0.833. The van der Waals surface area contributed by atoms with E-state index in [0.717, 1.165) is 6.92 Å². The first-order chi connectivity index (χ1) is 5.46. The van der Waals surface area contributed by atoms with Gasteiger partial charge in [-0.3, -0.25) is 4.79 Å². The second-order valence-corrected chi connectivity index (χ2v) is 2.60. The molecule has 0 unspecified atom stereocenters. The Morgan fingerprint density at radius 3 is 1.38 bits per heavy atom. The van der Waals surface area contributed by atoms with Crippen LogP contribution >= 0.6 is 0 Å². The Morgan fingerprint density at radius 1 is 1.38 bits per heavy atom. The van der Waals surface area contributed by atoms with Crippen LogP contribution in [0.2, 0.25) is 0 Å². The summed E-state index contributed by atoms with van der Waals surface area (Å²) in [6, 6.07) is 0. The van der Waals surface area contributed by atoms with Gasteiger partial charge in [0, 0.05) is 6.92 Å². The monoisotopic (exact) mass is 241 g/mol. The first-order valence-corrected chi connectivity index (χ1v) is 4.37. The van der Waals surface area contributed by atoms with Crippen LogP contribution < -0.4 is 0 Å². The van der Waals surface area contributed by atoms with Crippen molar-refractivity contribution in [2.75, 3.05) is 0 Å². The molecule has 10 nitrogen and oxygen atoms in total. The molecule has 80 valence electrons. The van der Waals surface area contributed by atoms with Crippen molar-refractivity contribution < 1.29 is 49.7 Å². The van der Waals surface area contributed by atoms with Crippen molar-refractivity contribution in [3.63, 3.8) is 0 Å². The second kappa shape index (κ2) is 8.82. The van der Waals surface area contributed by atoms with E-state index in [2.05, 4.69) is 0 Å². The zero-order valence-corrected chi connectivity index (χ0v) is 7.46. The van der Waals surface area contributed by atoms with E-state index < -0.39 is 24.7 Å². The van der Waals surface area contributed by atoms with Crippen molar-refractivity contribution in [1.82, 2.24) is 0 Å². The van der Waals surface area contributed by atoms with Gasteiger partial charge in [-0.25, -0.2) is 0 Å². The Morgan fingerprint density at radius 2 is 1.38 bits per heavy atom. The predicted octanol–water partition coefficient (Wildman–Crippen LogP) is -1.61. The predicted molar refractivity (Wildman–Crippen MR) is 27.9 cm³/mol. The fourth-order valence-electron chi connectivity index (χ4n) is 0. The summed E-state index contributed by atoms with van der Waals surface area (Å²) in [5, 5.41) is 21.1. The van der Waals surface area contributed by atoms with Gasteiger partial charge in [0.1, 0.15) is 0 Å². The molecule has 0 aromatic carbocycles. The third-order valence-electron chi connectivity index (χ3n) is 0. The zero-order valence-electron chi connectivity index (χ0n) is 6.19. The molecule has 0 aliphatic carbocycles. The average Bonchev–Trinajstić information content (AvgIpc) is 1.50. The Kier molecular flexibility index (Phi) is 12.0. The van der Waals surface area contributed by atoms with Crippen LogP contribution in [0.1, 0.15) is 6.92 Å². The Balaban J connectivity index is -0.000000117. The van der Waals surface area contributed by atoms with E-state index in [1.807, 2.05) is 0 Å². The van der Waals surface area contributed by atoms with Gasteiger partial charge in [-0.1, -0.05) is 0 Å². The summed E-state index contributed by atoms with van der Waals surface area (Å²) < 4.78 is 31.9. The summed E-state index contributed by atoms with van der Waals surface area (Å²) in [7, 11) is 0. The third-order valence-corrected chi connectivity index (χ3v) is 0. The Labute approximate surface area is 73.5 Å². The topological polar surface area (TPSA) is 175 Å². The minimum atomic E-state index is -5.25. The van der Waals surface area contributed by atoms with Gasteiger partial charge in [-0.2, -0.15) is 0 Å². The van der Waals surface area contributed by atoms with E-state index >= 15 is 0 Å².